The van der Waals surface area contributed by atoms with Crippen LogP contribution in [0.1, 0.15) is 34.6 Å². The van der Waals surface area contributed by atoms with E-state index in [-0.39, 0.29) is 6.04 Å². The lowest BCUT2D eigenvalue weighted by atomic mass is 10.1. The zero-order valence-corrected chi connectivity index (χ0v) is 10.9. The second kappa shape index (κ2) is 4.59. The summed E-state index contributed by atoms with van der Waals surface area (Å²) < 4.78 is 0. The molecule has 0 aromatic heterocycles. The number of hydrogen-bond donors (Lipinski definition) is 3. The van der Waals surface area contributed by atoms with E-state index in [1.54, 1.807) is 0 Å². The predicted molar refractivity (Wildman–Crippen MR) is 63.2 cm³/mol. The van der Waals surface area contributed by atoms with Crippen LogP contribution in [0, 0.1) is 0 Å². The Bertz CT molecular complexity index is 323. The summed E-state index contributed by atoms with van der Waals surface area (Å²) in [5, 5.41) is 5.14. The van der Waals surface area contributed by atoms with E-state index in [1.807, 2.05) is 34.6 Å². The van der Waals surface area contributed by atoms with Gasteiger partial charge in [0.25, 0.3) is 5.91 Å². The first-order valence-corrected chi connectivity index (χ1v) is 5.60. The Kier molecular flexibility index (Phi) is 3.75. The van der Waals surface area contributed by atoms with E-state index in [2.05, 4.69) is 10.9 Å². The number of nitrogens with two attached hydrogens (primary N) is 1. The highest BCUT2D eigenvalue weighted by atomic mass is 16.2. The fourth-order valence-electron chi connectivity index (χ4n) is 1.44. The molecule has 1 rings (SSSR count). The van der Waals surface area contributed by atoms with Crippen LogP contribution in [-0.4, -0.2) is 39.7 Å². The van der Waals surface area contributed by atoms with Gasteiger partial charge >= 0.3 is 6.03 Å². The van der Waals surface area contributed by atoms with E-state index in [9.17, 15) is 9.59 Å². The largest absolute Gasteiger partial charge is 0.340 e. The summed E-state index contributed by atoms with van der Waals surface area (Å²) in [5.41, 5.74) is 7.99. The summed E-state index contributed by atoms with van der Waals surface area (Å²) >= 11 is 0. The third-order valence-electron chi connectivity index (χ3n) is 2.23. The minimum Gasteiger partial charge on any atom is -0.332 e. The molecule has 1 saturated heterocycles. The number of hydrogen-bond acceptors (Lipinski definition) is 5. The summed E-state index contributed by atoms with van der Waals surface area (Å²) in [6.45, 7) is 9.28. The van der Waals surface area contributed by atoms with Crippen molar-refractivity contribution in [2.75, 3.05) is 0 Å². The van der Waals surface area contributed by atoms with Gasteiger partial charge in [0, 0.05) is 11.6 Å². The molecule has 1 fully saturated rings. The molecule has 1 atom stereocenters. The van der Waals surface area contributed by atoms with E-state index >= 15 is 0 Å². The Morgan fingerprint density at radius 2 is 2.00 bits per heavy atom. The molecule has 0 aromatic rings. The van der Waals surface area contributed by atoms with Crippen LogP contribution in [0.2, 0.25) is 0 Å². The lowest BCUT2D eigenvalue weighted by Crippen LogP contribution is -2.54. The minimum atomic E-state index is -0.833. The fourth-order valence-corrected chi connectivity index (χ4v) is 1.44. The molecule has 0 spiro atoms. The number of urea groups is 1. The number of carbonyl (C=O) groups is 2. The lowest BCUT2D eigenvalue weighted by Gasteiger charge is -2.25. The van der Waals surface area contributed by atoms with Crippen molar-refractivity contribution in [3.63, 3.8) is 0 Å². The van der Waals surface area contributed by atoms with Crippen LogP contribution in [0.3, 0.4) is 0 Å². The lowest BCUT2D eigenvalue weighted by molar-refractivity contribution is -0.127. The van der Waals surface area contributed by atoms with Gasteiger partial charge in [-0.3, -0.25) is 4.79 Å². The third-order valence-corrected chi connectivity index (χ3v) is 2.23. The summed E-state index contributed by atoms with van der Waals surface area (Å²) in [7, 11) is 0. The van der Waals surface area contributed by atoms with Crippen LogP contribution in [0.4, 0.5) is 4.79 Å². The summed E-state index contributed by atoms with van der Waals surface area (Å²) in [4.78, 5) is 23.6. The Balaban J connectivity index is 2.74. The molecule has 17 heavy (non-hydrogen) atoms. The molecular formula is C10H21N5O2. The molecule has 0 aliphatic carbocycles. The molecule has 0 aromatic carbocycles. The van der Waals surface area contributed by atoms with Crippen LogP contribution in [0.15, 0.2) is 0 Å². The Labute approximate surface area is 101 Å². The topological polar surface area (TPSA) is 90.7 Å². The number of imide groups is 1. The predicted octanol–water partition coefficient (Wildman–Crippen LogP) is -0.248. The number of nitrogens with zero attached hydrogens (tertiary/aromatic N) is 2. The van der Waals surface area contributed by atoms with Gasteiger partial charge in [-0.2, -0.15) is 15.6 Å². The van der Waals surface area contributed by atoms with Crippen molar-refractivity contribution in [2.24, 2.45) is 5.73 Å². The van der Waals surface area contributed by atoms with Crippen LogP contribution < -0.4 is 16.6 Å². The quantitative estimate of drug-likeness (QED) is 0.591. The smallest absolute Gasteiger partial charge is 0.332 e. The molecule has 0 bridgehead atoms. The van der Waals surface area contributed by atoms with Crippen LogP contribution in [-0.2, 0) is 4.79 Å². The van der Waals surface area contributed by atoms with E-state index in [4.69, 9.17) is 5.73 Å². The number of amides is 3. The highest BCUT2D eigenvalue weighted by Gasteiger charge is 2.41. The number of hydrazine groups is 2. The van der Waals surface area contributed by atoms with Crippen molar-refractivity contribution in [3.8, 4) is 0 Å². The Morgan fingerprint density at radius 3 is 2.35 bits per heavy atom. The van der Waals surface area contributed by atoms with Crippen molar-refractivity contribution >= 4 is 11.9 Å². The first-order chi connectivity index (χ1) is 7.63. The molecule has 1 aliphatic heterocycles. The minimum absolute atomic E-state index is 0.0152. The van der Waals surface area contributed by atoms with Crippen molar-refractivity contribution in [2.45, 2.75) is 52.4 Å². The summed E-state index contributed by atoms with van der Waals surface area (Å²) in [6, 6.07) is -0.484. The van der Waals surface area contributed by atoms with Gasteiger partial charge in [-0.05, 0) is 34.6 Å². The van der Waals surface area contributed by atoms with Crippen LogP contribution in [0.5, 0.6) is 0 Å². The molecule has 0 radical (unpaired) electrons. The first-order valence-electron chi connectivity index (χ1n) is 5.60. The fraction of sp³-hybridized carbons (Fsp3) is 0.800. The van der Waals surface area contributed by atoms with Crippen LogP contribution >= 0.6 is 0 Å². The van der Waals surface area contributed by atoms with Gasteiger partial charge in [-0.15, -0.1) is 0 Å². The van der Waals surface area contributed by atoms with Crippen molar-refractivity contribution < 1.29 is 9.59 Å². The Hall–Kier alpha value is -1.18. The molecule has 98 valence electrons. The average Bonchev–Trinajstić information content (AvgIpc) is 2.41. The summed E-state index contributed by atoms with van der Waals surface area (Å²) in [6.07, 6.45) is -0.833. The molecule has 0 saturated carbocycles. The maximum Gasteiger partial charge on any atom is 0.340 e. The van der Waals surface area contributed by atoms with Crippen molar-refractivity contribution in [1.29, 1.82) is 0 Å². The van der Waals surface area contributed by atoms with Crippen molar-refractivity contribution in [1.82, 2.24) is 20.9 Å². The van der Waals surface area contributed by atoms with Gasteiger partial charge in [0.2, 0.25) is 0 Å². The van der Waals surface area contributed by atoms with Gasteiger partial charge < -0.3 is 11.1 Å². The van der Waals surface area contributed by atoms with Gasteiger partial charge in [-0.1, -0.05) is 0 Å². The zero-order valence-electron chi connectivity index (χ0n) is 10.9. The maximum atomic E-state index is 11.8. The first kappa shape index (κ1) is 13.9. The number of nitrogens with one attached hydrogen (secondary N) is 2. The molecule has 3 amide bonds. The van der Waals surface area contributed by atoms with E-state index in [0.29, 0.717) is 0 Å². The SMILES string of the molecule is CC(C)N1NN(C(=O)NC(C)(C)C)C(=O)C1N. The van der Waals surface area contributed by atoms with Crippen LogP contribution in [0.25, 0.3) is 0 Å². The molecule has 7 heteroatoms. The van der Waals surface area contributed by atoms with E-state index in [1.165, 1.54) is 5.01 Å². The van der Waals surface area contributed by atoms with Crippen molar-refractivity contribution in [3.05, 3.63) is 0 Å². The van der Waals surface area contributed by atoms with E-state index in [0.717, 1.165) is 5.01 Å². The van der Waals surface area contributed by atoms with E-state index < -0.39 is 23.6 Å². The molecule has 7 nitrogen and oxygen atoms in total. The third kappa shape index (κ3) is 3.15. The maximum absolute atomic E-state index is 11.8. The number of rotatable bonds is 1. The molecule has 4 N–H and O–H groups in total. The highest BCUT2D eigenvalue weighted by Crippen LogP contribution is 2.10. The normalized spacial score (nSPS) is 22.4. The number of carbonyl (C=O) groups excluding carboxylic acids is 2. The standard InChI is InChI=1S/C10H21N5O2/c1-6(2)14-7(11)8(16)15(13-14)9(17)12-10(3,4)5/h6-7,13H,11H2,1-5H3,(H,12,17). The second-order valence-electron chi connectivity index (χ2n) is 5.40. The molecular weight excluding hydrogens is 222 g/mol. The molecule has 1 heterocycles. The molecule has 1 aliphatic rings. The summed E-state index contributed by atoms with van der Waals surface area (Å²) in [5.74, 6) is -0.458. The Morgan fingerprint density at radius 1 is 1.47 bits per heavy atom. The van der Waals surface area contributed by atoms with Gasteiger partial charge in [0.05, 0.1) is 0 Å². The second-order valence-corrected chi connectivity index (χ2v) is 5.40. The average molecular weight is 243 g/mol. The van der Waals surface area contributed by atoms with Gasteiger partial charge in [0.15, 0.2) is 6.17 Å². The monoisotopic (exact) mass is 243 g/mol. The van der Waals surface area contributed by atoms with Gasteiger partial charge in [0.1, 0.15) is 0 Å². The molecule has 1 unspecified atom stereocenters. The van der Waals surface area contributed by atoms with Gasteiger partial charge in [-0.25, -0.2) is 4.79 Å². The highest BCUT2D eigenvalue weighted by molar-refractivity contribution is 5.97. The zero-order chi connectivity index (χ0) is 13.4.